The molecule has 1 atom stereocenters. The third kappa shape index (κ3) is 8.65. The van der Waals surface area contributed by atoms with Crippen molar-refractivity contribution in [2.45, 2.75) is 38.6 Å². The highest BCUT2D eigenvalue weighted by molar-refractivity contribution is 6.36. The number of hydrogen-bond donors (Lipinski definition) is 3. The second kappa shape index (κ2) is 13.9. The second-order valence-corrected chi connectivity index (χ2v) is 9.38. The lowest BCUT2D eigenvalue weighted by molar-refractivity contribution is -0.136. The lowest BCUT2D eigenvalue weighted by atomic mass is 10.0. The van der Waals surface area contributed by atoms with Crippen LogP contribution in [0.25, 0.3) is 11.1 Å². The lowest BCUT2D eigenvalue weighted by Crippen LogP contribution is -2.27. The molecule has 0 aliphatic heterocycles. The predicted octanol–water partition coefficient (Wildman–Crippen LogP) is 7.05. The maximum atomic E-state index is 14.9. The number of benzene rings is 3. The Hall–Kier alpha value is -3.29. The van der Waals surface area contributed by atoms with Gasteiger partial charge in [0.2, 0.25) is 0 Å². The van der Waals surface area contributed by atoms with E-state index in [2.05, 4.69) is 17.6 Å². The van der Waals surface area contributed by atoms with E-state index in [-0.39, 0.29) is 24.9 Å². The summed E-state index contributed by atoms with van der Waals surface area (Å²) in [6.45, 7) is 2.49. The average Bonchev–Trinajstić information content (AvgIpc) is 2.86. The standard InChI is InChI=1S/C28H29Cl2FN2O4/c1-2-3-4-21(33-20-8-5-18(6-9-20)28(36)32-14-13-27(34)35)17-37-22-10-12-24(26(31)16-22)23-11-7-19(29)15-25(23)30/h5-12,15-16,21,33H,2-4,13-14,17H2,1H3,(H,32,36)(H,34,35). The topological polar surface area (TPSA) is 87.7 Å². The summed E-state index contributed by atoms with van der Waals surface area (Å²) >= 11 is 12.2. The first kappa shape index (κ1) is 28.3. The number of rotatable bonds is 13. The van der Waals surface area contributed by atoms with Gasteiger partial charge in [0.05, 0.1) is 12.5 Å². The van der Waals surface area contributed by atoms with Crippen LogP contribution >= 0.6 is 23.2 Å². The molecule has 1 unspecified atom stereocenters. The fraction of sp³-hybridized carbons (Fsp3) is 0.286. The van der Waals surface area contributed by atoms with Crippen LogP contribution in [0.2, 0.25) is 10.0 Å². The van der Waals surface area contributed by atoms with Gasteiger partial charge in [0.1, 0.15) is 18.2 Å². The van der Waals surface area contributed by atoms with Gasteiger partial charge in [0.25, 0.3) is 5.91 Å². The van der Waals surface area contributed by atoms with Crippen LogP contribution in [-0.2, 0) is 4.79 Å². The van der Waals surface area contributed by atoms with Gasteiger partial charge >= 0.3 is 5.97 Å². The molecule has 0 saturated carbocycles. The molecule has 196 valence electrons. The first-order valence-electron chi connectivity index (χ1n) is 12.0. The second-order valence-electron chi connectivity index (χ2n) is 8.54. The van der Waals surface area contributed by atoms with E-state index in [9.17, 15) is 14.0 Å². The summed E-state index contributed by atoms with van der Waals surface area (Å²) in [7, 11) is 0. The van der Waals surface area contributed by atoms with Crippen molar-refractivity contribution in [1.29, 1.82) is 0 Å². The molecule has 0 spiro atoms. The maximum absolute atomic E-state index is 14.9. The Morgan fingerprint density at radius 1 is 1.03 bits per heavy atom. The third-order valence-corrected chi connectivity index (χ3v) is 6.21. The van der Waals surface area contributed by atoms with Crippen molar-refractivity contribution in [2.75, 3.05) is 18.5 Å². The van der Waals surface area contributed by atoms with E-state index >= 15 is 0 Å². The minimum Gasteiger partial charge on any atom is -0.491 e. The van der Waals surface area contributed by atoms with Crippen molar-refractivity contribution in [3.05, 3.63) is 82.1 Å². The minimum atomic E-state index is -0.968. The number of amides is 1. The van der Waals surface area contributed by atoms with Crippen molar-refractivity contribution < 1.29 is 23.8 Å². The fourth-order valence-corrected chi connectivity index (χ4v) is 4.21. The molecular formula is C28H29Cl2FN2O4. The van der Waals surface area contributed by atoms with Gasteiger partial charge in [-0.1, -0.05) is 49.0 Å². The molecule has 9 heteroatoms. The quantitative estimate of drug-likeness (QED) is 0.213. The smallest absolute Gasteiger partial charge is 0.305 e. The Labute approximate surface area is 225 Å². The molecule has 37 heavy (non-hydrogen) atoms. The Balaban J connectivity index is 1.61. The molecule has 3 rings (SSSR count). The van der Waals surface area contributed by atoms with Gasteiger partial charge in [-0.15, -0.1) is 0 Å². The molecule has 0 aliphatic carbocycles. The molecule has 1 amide bonds. The van der Waals surface area contributed by atoms with E-state index < -0.39 is 11.8 Å². The molecule has 3 aromatic carbocycles. The SMILES string of the molecule is CCCCC(COc1ccc(-c2ccc(Cl)cc2Cl)c(F)c1)Nc1ccc(C(=O)NCCC(=O)O)cc1. The third-order valence-electron chi connectivity index (χ3n) is 5.66. The zero-order valence-electron chi connectivity index (χ0n) is 20.4. The highest BCUT2D eigenvalue weighted by Gasteiger charge is 2.14. The number of unbranched alkanes of at least 4 members (excludes halogenated alkanes) is 1. The molecular weight excluding hydrogens is 518 g/mol. The zero-order chi connectivity index (χ0) is 26.8. The van der Waals surface area contributed by atoms with Crippen LogP contribution in [0.1, 0.15) is 43.0 Å². The summed E-state index contributed by atoms with van der Waals surface area (Å²) in [5.74, 6) is -1.34. The van der Waals surface area contributed by atoms with Gasteiger partial charge in [-0.25, -0.2) is 4.39 Å². The molecule has 0 bridgehead atoms. The summed E-state index contributed by atoms with van der Waals surface area (Å²) in [4.78, 5) is 22.7. The number of carboxylic acid groups (broad SMARTS) is 1. The van der Waals surface area contributed by atoms with Crippen LogP contribution in [0.4, 0.5) is 10.1 Å². The molecule has 0 aromatic heterocycles. The van der Waals surface area contributed by atoms with Gasteiger partial charge in [0.15, 0.2) is 0 Å². The highest BCUT2D eigenvalue weighted by Crippen LogP contribution is 2.33. The van der Waals surface area contributed by atoms with E-state index in [1.54, 1.807) is 54.6 Å². The van der Waals surface area contributed by atoms with Gasteiger partial charge in [-0.3, -0.25) is 9.59 Å². The number of carboxylic acids is 1. The number of halogens is 3. The van der Waals surface area contributed by atoms with Crippen LogP contribution in [0.5, 0.6) is 5.75 Å². The van der Waals surface area contributed by atoms with Crippen molar-refractivity contribution in [1.82, 2.24) is 5.32 Å². The molecule has 3 N–H and O–H groups in total. The molecule has 0 fully saturated rings. The minimum absolute atomic E-state index is 0.0383. The van der Waals surface area contributed by atoms with Crippen molar-refractivity contribution >= 4 is 40.8 Å². The number of carbonyl (C=O) groups excluding carboxylic acids is 1. The first-order chi connectivity index (χ1) is 17.8. The van der Waals surface area contributed by atoms with E-state index in [4.69, 9.17) is 33.0 Å². The van der Waals surface area contributed by atoms with Crippen molar-refractivity contribution in [3.63, 3.8) is 0 Å². The van der Waals surface area contributed by atoms with Gasteiger partial charge in [0, 0.05) is 45.0 Å². The zero-order valence-corrected chi connectivity index (χ0v) is 21.9. The van der Waals surface area contributed by atoms with Crippen molar-refractivity contribution in [2.24, 2.45) is 0 Å². The molecule has 0 saturated heterocycles. The molecule has 0 radical (unpaired) electrons. The molecule has 3 aromatic rings. The molecule has 6 nitrogen and oxygen atoms in total. The summed E-state index contributed by atoms with van der Waals surface area (Å²) in [6.07, 6.45) is 2.70. The first-order valence-corrected chi connectivity index (χ1v) is 12.8. The van der Waals surface area contributed by atoms with Crippen LogP contribution in [0.3, 0.4) is 0 Å². The Morgan fingerprint density at radius 3 is 2.41 bits per heavy atom. The van der Waals surface area contributed by atoms with E-state index in [0.29, 0.717) is 39.1 Å². The summed E-state index contributed by atoms with van der Waals surface area (Å²) in [5, 5.41) is 15.5. The average molecular weight is 547 g/mol. The number of nitrogens with one attached hydrogen (secondary N) is 2. The highest BCUT2D eigenvalue weighted by atomic mass is 35.5. The van der Waals surface area contributed by atoms with E-state index in [1.165, 1.54) is 6.07 Å². The monoisotopic (exact) mass is 546 g/mol. The van der Waals surface area contributed by atoms with Gasteiger partial charge in [-0.05, 0) is 55.0 Å². The molecule has 0 heterocycles. The Bertz CT molecular complexity index is 1220. The summed E-state index contributed by atoms with van der Waals surface area (Å²) in [5.41, 5.74) is 2.16. The van der Waals surface area contributed by atoms with E-state index in [0.717, 1.165) is 24.9 Å². The maximum Gasteiger partial charge on any atom is 0.305 e. The lowest BCUT2D eigenvalue weighted by Gasteiger charge is -2.21. The van der Waals surface area contributed by atoms with E-state index in [1.807, 2.05) is 0 Å². The Morgan fingerprint density at radius 2 is 1.76 bits per heavy atom. The number of aliphatic carboxylic acids is 1. The fourth-order valence-electron chi connectivity index (χ4n) is 3.70. The normalized spacial score (nSPS) is 11.6. The van der Waals surface area contributed by atoms with Crippen LogP contribution in [0, 0.1) is 5.82 Å². The number of anilines is 1. The number of ether oxygens (including phenoxy) is 1. The van der Waals surface area contributed by atoms with Crippen molar-refractivity contribution in [3.8, 4) is 16.9 Å². The van der Waals surface area contributed by atoms with Crippen LogP contribution < -0.4 is 15.4 Å². The van der Waals surface area contributed by atoms with Crippen LogP contribution in [-0.4, -0.2) is 36.2 Å². The summed E-state index contributed by atoms with van der Waals surface area (Å²) in [6, 6.07) is 16.5. The number of carbonyl (C=O) groups is 2. The summed E-state index contributed by atoms with van der Waals surface area (Å²) < 4.78 is 20.8. The number of hydrogen-bond acceptors (Lipinski definition) is 4. The Kier molecular flexibility index (Phi) is 10.6. The predicted molar refractivity (Wildman–Crippen MR) is 145 cm³/mol. The van der Waals surface area contributed by atoms with Gasteiger partial charge in [-0.2, -0.15) is 0 Å². The van der Waals surface area contributed by atoms with Crippen LogP contribution in [0.15, 0.2) is 60.7 Å². The molecule has 0 aliphatic rings. The van der Waals surface area contributed by atoms with Gasteiger partial charge < -0.3 is 20.5 Å². The largest absolute Gasteiger partial charge is 0.491 e.